The molecule has 2 heteroatoms. The third-order valence-corrected chi connectivity index (χ3v) is 3.13. The summed E-state index contributed by atoms with van der Waals surface area (Å²) in [6.07, 6.45) is 5.54. The summed E-state index contributed by atoms with van der Waals surface area (Å²) < 4.78 is 0. The van der Waals surface area contributed by atoms with E-state index in [0.29, 0.717) is 0 Å². The molecule has 0 aromatic heterocycles. The first-order chi connectivity index (χ1) is 6.31. The van der Waals surface area contributed by atoms with Crippen LogP contribution < -0.4 is 0 Å². The van der Waals surface area contributed by atoms with Gasteiger partial charge in [0.15, 0.2) is 0 Å². The molecule has 0 radical (unpaired) electrons. The van der Waals surface area contributed by atoms with E-state index in [0.717, 1.165) is 0 Å². The van der Waals surface area contributed by atoms with Crippen molar-refractivity contribution in [3.63, 3.8) is 0 Å². The van der Waals surface area contributed by atoms with Gasteiger partial charge in [-0.15, -0.1) is 0 Å². The van der Waals surface area contributed by atoms with Gasteiger partial charge in [-0.2, -0.15) is 11.8 Å². The highest BCUT2D eigenvalue weighted by atomic mass is 32.2. The van der Waals surface area contributed by atoms with Crippen molar-refractivity contribution < 1.29 is 0 Å². The number of unbranched alkanes of at least 4 members (excludes halogenated alkanes) is 3. The lowest BCUT2D eigenvalue weighted by Gasteiger charge is -2.20. The number of hydrogen-bond acceptors (Lipinski definition) is 2. The molecule has 1 aliphatic rings. The van der Waals surface area contributed by atoms with E-state index in [-0.39, 0.29) is 0 Å². The quantitative estimate of drug-likeness (QED) is 0.648. The Morgan fingerprint density at radius 2 is 1.46 bits per heavy atom. The third-order valence-electron chi connectivity index (χ3n) is 2.19. The molecule has 80 valence electrons. The van der Waals surface area contributed by atoms with Crippen molar-refractivity contribution >= 4 is 11.8 Å². The van der Waals surface area contributed by atoms with Gasteiger partial charge >= 0.3 is 0 Å². The summed E-state index contributed by atoms with van der Waals surface area (Å²) in [7, 11) is 2.18. The Labute approximate surface area is 88.3 Å². The van der Waals surface area contributed by atoms with Crippen LogP contribution in [0.5, 0.6) is 0 Å². The van der Waals surface area contributed by atoms with E-state index >= 15 is 0 Å². The second kappa shape index (κ2) is 10.4. The van der Waals surface area contributed by atoms with Gasteiger partial charge in [-0.05, 0) is 7.05 Å². The molecule has 1 fully saturated rings. The molecule has 0 aromatic carbocycles. The maximum atomic E-state index is 2.37. The van der Waals surface area contributed by atoms with Crippen molar-refractivity contribution in [1.29, 1.82) is 0 Å². The molecule has 1 aliphatic heterocycles. The molecule has 0 unspecified atom stereocenters. The predicted octanol–water partition coefficient (Wildman–Crippen LogP) is 3.25. The molecule has 1 heterocycles. The van der Waals surface area contributed by atoms with Gasteiger partial charge in [-0.25, -0.2) is 0 Å². The lowest BCUT2D eigenvalue weighted by molar-refractivity contribution is 0.372. The Hall–Kier alpha value is 0.310. The maximum absolute atomic E-state index is 2.37. The molecule has 0 bridgehead atoms. The first-order valence-corrected chi connectivity index (χ1v) is 6.73. The summed E-state index contributed by atoms with van der Waals surface area (Å²) in [5.74, 6) is 2.66. The van der Waals surface area contributed by atoms with Crippen molar-refractivity contribution in [1.82, 2.24) is 4.90 Å². The number of hydrogen-bond donors (Lipinski definition) is 0. The molecule has 1 nitrogen and oxygen atoms in total. The molecule has 1 saturated heterocycles. The highest BCUT2D eigenvalue weighted by Gasteiger charge is 2.02. The second-order valence-electron chi connectivity index (χ2n) is 3.62. The third kappa shape index (κ3) is 10.2. The van der Waals surface area contributed by atoms with E-state index in [1.165, 1.54) is 50.3 Å². The molecule has 0 aliphatic carbocycles. The fourth-order valence-electron chi connectivity index (χ4n) is 1.15. The Morgan fingerprint density at radius 1 is 1.00 bits per heavy atom. The van der Waals surface area contributed by atoms with Crippen LogP contribution in [0.25, 0.3) is 0 Å². The molecule has 0 saturated carbocycles. The van der Waals surface area contributed by atoms with E-state index in [4.69, 9.17) is 0 Å². The van der Waals surface area contributed by atoms with E-state index < -0.39 is 0 Å². The van der Waals surface area contributed by atoms with Crippen LogP contribution in [-0.4, -0.2) is 36.5 Å². The summed E-state index contributed by atoms with van der Waals surface area (Å²) in [5.41, 5.74) is 0. The highest BCUT2D eigenvalue weighted by Crippen LogP contribution is 2.05. The summed E-state index contributed by atoms with van der Waals surface area (Å²) in [4.78, 5) is 2.37. The standard InChI is InChI=1S/C6H14.C5H11NS/c1-3-5-6-4-2;1-6-2-4-7-5-3-6/h3-6H2,1-2H3;2-5H2,1H3. The topological polar surface area (TPSA) is 3.24 Å². The number of thioether (sulfide) groups is 1. The summed E-state index contributed by atoms with van der Waals surface area (Å²) in [6, 6.07) is 0. The second-order valence-corrected chi connectivity index (χ2v) is 4.85. The SMILES string of the molecule is CCCCCC.CN1CCSCC1. The zero-order valence-electron chi connectivity index (χ0n) is 9.51. The lowest BCUT2D eigenvalue weighted by Crippen LogP contribution is -2.28. The Morgan fingerprint density at radius 3 is 1.69 bits per heavy atom. The van der Waals surface area contributed by atoms with Crippen molar-refractivity contribution in [2.75, 3.05) is 31.6 Å². The summed E-state index contributed by atoms with van der Waals surface area (Å²) in [5, 5.41) is 0. The van der Waals surface area contributed by atoms with Gasteiger partial charge < -0.3 is 4.90 Å². The van der Waals surface area contributed by atoms with Gasteiger partial charge in [0.2, 0.25) is 0 Å². The molecule has 13 heavy (non-hydrogen) atoms. The molecule has 0 aromatic rings. The van der Waals surface area contributed by atoms with Gasteiger partial charge in [0.05, 0.1) is 0 Å². The molecule has 0 spiro atoms. The molecular weight excluding hydrogens is 178 g/mol. The van der Waals surface area contributed by atoms with E-state index in [9.17, 15) is 0 Å². The maximum Gasteiger partial charge on any atom is 0.00696 e. The molecular formula is C11H25NS. The normalized spacial score (nSPS) is 17.8. The Bertz CT molecular complexity index is 86.1. The van der Waals surface area contributed by atoms with Crippen LogP contribution in [0.2, 0.25) is 0 Å². The molecule has 0 amide bonds. The van der Waals surface area contributed by atoms with Gasteiger partial charge in [0.1, 0.15) is 0 Å². The van der Waals surface area contributed by atoms with Crippen molar-refractivity contribution in [3.8, 4) is 0 Å². The van der Waals surface area contributed by atoms with Crippen LogP contribution in [0, 0.1) is 0 Å². The van der Waals surface area contributed by atoms with Crippen molar-refractivity contribution in [2.45, 2.75) is 39.5 Å². The lowest BCUT2D eigenvalue weighted by atomic mass is 10.2. The zero-order valence-corrected chi connectivity index (χ0v) is 10.3. The molecule has 0 N–H and O–H groups in total. The number of nitrogens with zero attached hydrogens (tertiary/aromatic N) is 1. The Kier molecular flexibility index (Phi) is 10.6. The minimum atomic E-state index is 1.28. The monoisotopic (exact) mass is 203 g/mol. The fraction of sp³-hybridized carbons (Fsp3) is 1.00. The first kappa shape index (κ1) is 13.3. The van der Waals surface area contributed by atoms with Crippen molar-refractivity contribution in [2.24, 2.45) is 0 Å². The van der Waals surface area contributed by atoms with Crippen LogP contribution in [0.1, 0.15) is 39.5 Å². The van der Waals surface area contributed by atoms with Gasteiger partial charge in [-0.3, -0.25) is 0 Å². The molecule has 0 atom stereocenters. The first-order valence-electron chi connectivity index (χ1n) is 5.57. The van der Waals surface area contributed by atoms with Crippen LogP contribution in [0.15, 0.2) is 0 Å². The fourth-order valence-corrected chi connectivity index (χ4v) is 2.24. The Balaban J connectivity index is 0.000000226. The number of rotatable bonds is 3. The highest BCUT2D eigenvalue weighted by molar-refractivity contribution is 7.99. The van der Waals surface area contributed by atoms with Gasteiger partial charge in [0, 0.05) is 24.6 Å². The van der Waals surface area contributed by atoms with Crippen molar-refractivity contribution in [3.05, 3.63) is 0 Å². The van der Waals surface area contributed by atoms with E-state index in [1.807, 2.05) is 0 Å². The van der Waals surface area contributed by atoms with Crippen LogP contribution in [0.3, 0.4) is 0 Å². The summed E-state index contributed by atoms with van der Waals surface area (Å²) in [6.45, 7) is 7.03. The van der Waals surface area contributed by atoms with Gasteiger partial charge in [-0.1, -0.05) is 39.5 Å². The summed E-state index contributed by atoms with van der Waals surface area (Å²) >= 11 is 2.06. The average Bonchev–Trinajstić information content (AvgIpc) is 2.17. The largest absolute Gasteiger partial charge is 0.305 e. The zero-order chi connectivity index (χ0) is 9.94. The van der Waals surface area contributed by atoms with E-state index in [2.05, 4.69) is 37.6 Å². The minimum Gasteiger partial charge on any atom is -0.305 e. The molecule has 1 rings (SSSR count). The average molecular weight is 203 g/mol. The van der Waals surface area contributed by atoms with Gasteiger partial charge in [0.25, 0.3) is 0 Å². The predicted molar refractivity (Wildman–Crippen MR) is 64.6 cm³/mol. The minimum absolute atomic E-state index is 1.28. The van der Waals surface area contributed by atoms with E-state index in [1.54, 1.807) is 0 Å². The smallest absolute Gasteiger partial charge is 0.00696 e. The van der Waals surface area contributed by atoms with Crippen LogP contribution in [0.4, 0.5) is 0 Å². The van der Waals surface area contributed by atoms with Crippen LogP contribution in [-0.2, 0) is 0 Å². The van der Waals surface area contributed by atoms with Crippen LogP contribution >= 0.6 is 11.8 Å².